The molecule has 0 fully saturated rings. The van der Waals surface area contributed by atoms with Crippen LogP contribution in [0.1, 0.15) is 32.3 Å². The van der Waals surface area contributed by atoms with Gasteiger partial charge in [0.2, 0.25) is 5.16 Å². The molecule has 3 heterocycles. The van der Waals surface area contributed by atoms with E-state index in [1.54, 1.807) is 22.2 Å². The zero-order valence-electron chi connectivity index (χ0n) is 13.2. The average molecular weight is 346 g/mol. The van der Waals surface area contributed by atoms with E-state index in [1.165, 1.54) is 11.8 Å². The first-order chi connectivity index (χ1) is 10.9. The quantitative estimate of drug-likeness (QED) is 0.577. The minimum Gasteiger partial charge on any atom is -0.336 e. The lowest BCUT2D eigenvalue weighted by molar-refractivity contribution is 0.523. The van der Waals surface area contributed by atoms with Gasteiger partial charge in [-0.3, -0.25) is 4.98 Å². The van der Waals surface area contributed by atoms with E-state index in [0.717, 1.165) is 22.2 Å². The summed E-state index contributed by atoms with van der Waals surface area (Å²) in [4.78, 5) is 8.94. The van der Waals surface area contributed by atoms with Gasteiger partial charge in [0.05, 0.1) is 11.4 Å². The van der Waals surface area contributed by atoms with Gasteiger partial charge in [-0.05, 0) is 12.1 Å². The maximum atomic E-state index is 6.09. The molecule has 0 aliphatic heterocycles. The molecule has 0 amide bonds. The molecule has 23 heavy (non-hydrogen) atoms. The standard InChI is InChI=1S/C15H18N6S2/c1-15(2,3)13-19-20-14(21(13)16)23-9-10-8-22-12(18-10)11-6-4-5-7-17-11/h4-8H,9,16H2,1-3H3. The topological polar surface area (TPSA) is 82.5 Å². The van der Waals surface area contributed by atoms with Crippen LogP contribution in [-0.2, 0) is 11.2 Å². The van der Waals surface area contributed by atoms with Crippen molar-refractivity contribution >= 4 is 23.1 Å². The Labute approximate surface area is 143 Å². The molecule has 0 bridgehead atoms. The first-order valence-electron chi connectivity index (χ1n) is 7.15. The average Bonchev–Trinajstić information content (AvgIpc) is 3.12. The number of hydrogen-bond acceptors (Lipinski definition) is 7. The molecule has 120 valence electrons. The lowest BCUT2D eigenvalue weighted by Gasteiger charge is -2.16. The molecule has 3 aromatic heterocycles. The molecule has 0 unspecified atom stereocenters. The number of thiazole rings is 1. The van der Waals surface area contributed by atoms with Gasteiger partial charge in [-0.1, -0.05) is 38.6 Å². The summed E-state index contributed by atoms with van der Waals surface area (Å²) in [5.74, 6) is 7.56. The second-order valence-corrected chi connectivity index (χ2v) is 7.87. The van der Waals surface area contributed by atoms with Crippen molar-refractivity contribution in [1.29, 1.82) is 0 Å². The van der Waals surface area contributed by atoms with Crippen LogP contribution >= 0.6 is 23.1 Å². The number of aromatic nitrogens is 5. The smallest absolute Gasteiger partial charge is 0.210 e. The largest absolute Gasteiger partial charge is 0.336 e. The maximum absolute atomic E-state index is 6.09. The fraction of sp³-hybridized carbons (Fsp3) is 0.333. The van der Waals surface area contributed by atoms with Crippen molar-refractivity contribution in [2.24, 2.45) is 0 Å². The van der Waals surface area contributed by atoms with Gasteiger partial charge >= 0.3 is 0 Å². The predicted octanol–water partition coefficient (Wildman–Crippen LogP) is 3.10. The SMILES string of the molecule is CC(C)(C)c1nnc(SCc2csc(-c3ccccn3)n2)n1N. The number of nitrogens with two attached hydrogens (primary N) is 1. The predicted molar refractivity (Wildman–Crippen MR) is 93.8 cm³/mol. The second-order valence-electron chi connectivity index (χ2n) is 6.07. The van der Waals surface area contributed by atoms with Crippen molar-refractivity contribution in [1.82, 2.24) is 24.8 Å². The lowest BCUT2D eigenvalue weighted by atomic mass is 9.96. The van der Waals surface area contributed by atoms with Gasteiger partial charge in [0.25, 0.3) is 0 Å². The Hall–Kier alpha value is -1.93. The minimum absolute atomic E-state index is 0.132. The van der Waals surface area contributed by atoms with Gasteiger partial charge in [0.1, 0.15) is 5.01 Å². The van der Waals surface area contributed by atoms with Crippen molar-refractivity contribution in [2.75, 3.05) is 5.84 Å². The first kappa shape index (κ1) is 15.9. The van der Waals surface area contributed by atoms with Crippen molar-refractivity contribution in [3.63, 3.8) is 0 Å². The summed E-state index contributed by atoms with van der Waals surface area (Å²) in [5.41, 5.74) is 1.75. The zero-order chi connectivity index (χ0) is 16.4. The summed E-state index contributed by atoms with van der Waals surface area (Å²) >= 11 is 3.12. The van der Waals surface area contributed by atoms with Crippen LogP contribution in [0.2, 0.25) is 0 Å². The van der Waals surface area contributed by atoms with Gasteiger partial charge in [0.15, 0.2) is 5.82 Å². The van der Waals surface area contributed by atoms with E-state index < -0.39 is 0 Å². The summed E-state index contributed by atoms with van der Waals surface area (Å²) in [7, 11) is 0. The minimum atomic E-state index is -0.132. The van der Waals surface area contributed by atoms with Crippen LogP contribution in [0.25, 0.3) is 10.7 Å². The summed E-state index contributed by atoms with van der Waals surface area (Å²) in [5, 5.41) is 12.0. The van der Waals surface area contributed by atoms with Crippen LogP contribution in [0.3, 0.4) is 0 Å². The molecule has 3 rings (SSSR count). The third kappa shape index (κ3) is 3.53. The van der Waals surface area contributed by atoms with E-state index >= 15 is 0 Å². The third-order valence-electron chi connectivity index (χ3n) is 3.12. The number of hydrogen-bond donors (Lipinski definition) is 1. The van der Waals surface area contributed by atoms with Crippen LogP contribution < -0.4 is 5.84 Å². The second kappa shape index (κ2) is 6.29. The van der Waals surface area contributed by atoms with E-state index in [2.05, 4.69) is 40.9 Å². The fourth-order valence-electron chi connectivity index (χ4n) is 2.01. The van der Waals surface area contributed by atoms with Gasteiger partial charge < -0.3 is 5.84 Å². The van der Waals surface area contributed by atoms with Crippen molar-refractivity contribution in [3.8, 4) is 10.7 Å². The number of nitrogen functional groups attached to an aromatic ring is 1. The maximum Gasteiger partial charge on any atom is 0.210 e. The molecule has 0 saturated heterocycles. The Morgan fingerprint density at radius 1 is 1.26 bits per heavy atom. The molecule has 0 saturated carbocycles. The van der Waals surface area contributed by atoms with Crippen LogP contribution in [-0.4, -0.2) is 24.8 Å². The van der Waals surface area contributed by atoms with Crippen LogP contribution in [0, 0.1) is 0 Å². The summed E-state index contributed by atoms with van der Waals surface area (Å²) in [6.07, 6.45) is 1.77. The van der Waals surface area contributed by atoms with Crippen LogP contribution in [0.4, 0.5) is 0 Å². The van der Waals surface area contributed by atoms with Gasteiger partial charge in [-0.25, -0.2) is 9.66 Å². The number of thioether (sulfide) groups is 1. The van der Waals surface area contributed by atoms with E-state index in [1.807, 2.05) is 23.6 Å². The van der Waals surface area contributed by atoms with Crippen molar-refractivity contribution in [2.45, 2.75) is 37.1 Å². The van der Waals surface area contributed by atoms with E-state index in [4.69, 9.17) is 5.84 Å². The Morgan fingerprint density at radius 3 is 2.74 bits per heavy atom. The highest BCUT2D eigenvalue weighted by Crippen LogP contribution is 2.27. The normalized spacial score (nSPS) is 11.8. The molecule has 3 aromatic rings. The Balaban J connectivity index is 1.70. The van der Waals surface area contributed by atoms with E-state index in [9.17, 15) is 0 Å². The molecule has 8 heteroatoms. The Kier molecular flexibility index (Phi) is 4.36. The highest BCUT2D eigenvalue weighted by molar-refractivity contribution is 7.98. The molecule has 0 aromatic carbocycles. The molecule has 0 aliphatic carbocycles. The molecule has 6 nitrogen and oxygen atoms in total. The first-order valence-corrected chi connectivity index (χ1v) is 9.01. The molecule has 2 N–H and O–H groups in total. The number of nitrogens with zero attached hydrogens (tertiary/aromatic N) is 5. The highest BCUT2D eigenvalue weighted by atomic mass is 32.2. The molecular weight excluding hydrogens is 328 g/mol. The third-order valence-corrected chi connectivity index (χ3v) is 5.01. The van der Waals surface area contributed by atoms with Crippen LogP contribution in [0.5, 0.6) is 0 Å². The molecule has 0 aliphatic rings. The van der Waals surface area contributed by atoms with Crippen LogP contribution in [0.15, 0.2) is 34.9 Å². The van der Waals surface area contributed by atoms with Gasteiger partial charge in [-0.2, -0.15) is 0 Å². The van der Waals surface area contributed by atoms with Crippen molar-refractivity contribution in [3.05, 3.63) is 41.3 Å². The molecule has 0 spiro atoms. The van der Waals surface area contributed by atoms with E-state index in [0.29, 0.717) is 10.9 Å². The molecular formula is C15H18N6S2. The van der Waals surface area contributed by atoms with Gasteiger partial charge in [0, 0.05) is 22.7 Å². The monoisotopic (exact) mass is 346 g/mol. The Morgan fingerprint density at radius 2 is 2.09 bits per heavy atom. The number of rotatable bonds is 4. The fourth-order valence-corrected chi connectivity index (χ4v) is 3.66. The summed E-state index contributed by atoms with van der Waals surface area (Å²) < 4.78 is 1.57. The summed E-state index contributed by atoms with van der Waals surface area (Å²) in [6.45, 7) is 6.19. The molecule has 0 atom stereocenters. The zero-order valence-corrected chi connectivity index (χ0v) is 14.9. The number of pyridine rings is 1. The summed E-state index contributed by atoms with van der Waals surface area (Å²) in [6, 6.07) is 5.82. The lowest BCUT2D eigenvalue weighted by Crippen LogP contribution is -2.24. The van der Waals surface area contributed by atoms with Crippen molar-refractivity contribution < 1.29 is 0 Å². The molecule has 0 radical (unpaired) electrons. The highest BCUT2D eigenvalue weighted by Gasteiger charge is 2.23. The Bertz CT molecular complexity index is 788. The van der Waals surface area contributed by atoms with E-state index in [-0.39, 0.29) is 5.41 Å². The van der Waals surface area contributed by atoms with Gasteiger partial charge in [-0.15, -0.1) is 21.5 Å².